The predicted molar refractivity (Wildman–Crippen MR) is 83.8 cm³/mol. The summed E-state index contributed by atoms with van der Waals surface area (Å²) < 4.78 is 1.03. The number of fused-ring (bicyclic) bond motifs is 1. The van der Waals surface area contributed by atoms with Crippen LogP contribution in [-0.4, -0.2) is 33.5 Å². The molecule has 1 aromatic heterocycles. The van der Waals surface area contributed by atoms with E-state index in [4.69, 9.17) is 5.11 Å². The molecule has 0 aliphatic carbocycles. The van der Waals surface area contributed by atoms with Crippen molar-refractivity contribution < 1.29 is 9.90 Å². The first kappa shape index (κ1) is 15.1. The van der Waals surface area contributed by atoms with Gasteiger partial charge in [0.15, 0.2) is 0 Å². The largest absolute Gasteiger partial charge is 0.480 e. The Bertz CT molecular complexity index is 609. The normalized spacial score (nSPS) is 13.0. The third-order valence-electron chi connectivity index (χ3n) is 3.66. The van der Waals surface area contributed by atoms with Gasteiger partial charge >= 0.3 is 5.97 Å². The SMILES string of the molecule is CCC(C)N(CC(=O)O)Cc1c[nH]c2ccc(Br)cc12. The summed E-state index contributed by atoms with van der Waals surface area (Å²) in [5.74, 6) is -0.786. The van der Waals surface area contributed by atoms with Gasteiger partial charge < -0.3 is 10.1 Å². The fraction of sp³-hybridized carbons (Fsp3) is 0.400. The van der Waals surface area contributed by atoms with Crippen molar-refractivity contribution in [3.63, 3.8) is 0 Å². The Labute approximate surface area is 126 Å². The van der Waals surface area contributed by atoms with Crippen LogP contribution >= 0.6 is 15.9 Å². The molecule has 2 N–H and O–H groups in total. The number of nitrogens with zero attached hydrogens (tertiary/aromatic N) is 1. The van der Waals surface area contributed by atoms with Crippen LogP contribution in [0.1, 0.15) is 25.8 Å². The van der Waals surface area contributed by atoms with Gasteiger partial charge in [-0.3, -0.25) is 9.69 Å². The number of hydrogen-bond donors (Lipinski definition) is 2. The van der Waals surface area contributed by atoms with Crippen molar-refractivity contribution in [2.75, 3.05) is 6.54 Å². The topological polar surface area (TPSA) is 56.3 Å². The summed E-state index contributed by atoms with van der Waals surface area (Å²) in [4.78, 5) is 16.2. The maximum absolute atomic E-state index is 11.0. The number of aliphatic carboxylic acids is 1. The van der Waals surface area contributed by atoms with Gasteiger partial charge in [-0.2, -0.15) is 0 Å². The van der Waals surface area contributed by atoms with Crippen LogP contribution in [0.5, 0.6) is 0 Å². The number of aromatic nitrogens is 1. The maximum atomic E-state index is 11.0. The quantitative estimate of drug-likeness (QED) is 0.845. The molecule has 1 unspecified atom stereocenters. The Hall–Kier alpha value is -1.33. The third kappa shape index (κ3) is 3.41. The summed E-state index contributed by atoms with van der Waals surface area (Å²) in [6, 6.07) is 6.32. The van der Waals surface area contributed by atoms with E-state index in [9.17, 15) is 4.79 Å². The first-order valence-electron chi connectivity index (χ1n) is 6.72. The fourth-order valence-corrected chi connectivity index (χ4v) is 2.66. The van der Waals surface area contributed by atoms with Crippen molar-refractivity contribution in [3.05, 3.63) is 34.4 Å². The molecule has 108 valence electrons. The van der Waals surface area contributed by atoms with Gasteiger partial charge in [0.2, 0.25) is 0 Å². The minimum atomic E-state index is -0.786. The minimum Gasteiger partial charge on any atom is -0.480 e. The molecule has 2 rings (SSSR count). The molecule has 0 bridgehead atoms. The van der Waals surface area contributed by atoms with Gasteiger partial charge in [0.05, 0.1) is 6.54 Å². The molecule has 4 nitrogen and oxygen atoms in total. The molecule has 1 aromatic carbocycles. The number of halogens is 1. The van der Waals surface area contributed by atoms with E-state index in [1.54, 1.807) is 0 Å². The molecule has 1 atom stereocenters. The Morgan fingerprint density at radius 1 is 1.50 bits per heavy atom. The molecular formula is C15H19BrN2O2. The highest BCUT2D eigenvalue weighted by Gasteiger charge is 2.17. The summed E-state index contributed by atoms with van der Waals surface area (Å²) in [5.41, 5.74) is 2.20. The van der Waals surface area contributed by atoms with E-state index in [-0.39, 0.29) is 12.6 Å². The molecule has 0 saturated heterocycles. The summed E-state index contributed by atoms with van der Waals surface area (Å²) >= 11 is 3.48. The second-order valence-corrected chi connectivity index (χ2v) is 5.98. The molecule has 0 aliphatic heterocycles. The second-order valence-electron chi connectivity index (χ2n) is 5.06. The average Bonchev–Trinajstić information content (AvgIpc) is 2.79. The van der Waals surface area contributed by atoms with E-state index in [2.05, 4.69) is 40.8 Å². The summed E-state index contributed by atoms with van der Waals surface area (Å²) in [6.45, 7) is 4.84. The van der Waals surface area contributed by atoms with E-state index < -0.39 is 5.97 Å². The van der Waals surface area contributed by atoms with Crippen LogP contribution in [0.4, 0.5) is 0 Å². The standard InChI is InChI=1S/C15H19BrN2O2/c1-3-10(2)18(9-15(19)20)8-11-7-17-14-5-4-12(16)6-13(11)14/h4-7,10,17H,3,8-9H2,1-2H3,(H,19,20). The first-order valence-corrected chi connectivity index (χ1v) is 7.52. The molecule has 20 heavy (non-hydrogen) atoms. The van der Waals surface area contributed by atoms with Crippen LogP contribution in [0.25, 0.3) is 10.9 Å². The Balaban J connectivity index is 2.28. The highest BCUT2D eigenvalue weighted by molar-refractivity contribution is 9.10. The van der Waals surface area contributed by atoms with Crippen LogP contribution in [-0.2, 0) is 11.3 Å². The first-order chi connectivity index (χ1) is 9.51. The highest BCUT2D eigenvalue weighted by atomic mass is 79.9. The number of nitrogens with one attached hydrogen (secondary N) is 1. The van der Waals surface area contributed by atoms with Crippen LogP contribution < -0.4 is 0 Å². The molecule has 2 aromatic rings. The van der Waals surface area contributed by atoms with Crippen LogP contribution in [0.3, 0.4) is 0 Å². The van der Waals surface area contributed by atoms with Crippen molar-refractivity contribution >= 4 is 32.8 Å². The molecular weight excluding hydrogens is 320 g/mol. The maximum Gasteiger partial charge on any atom is 0.317 e. The average molecular weight is 339 g/mol. The summed E-state index contributed by atoms with van der Waals surface area (Å²) in [5, 5.41) is 10.2. The van der Waals surface area contributed by atoms with E-state index in [1.165, 1.54) is 0 Å². The van der Waals surface area contributed by atoms with E-state index in [0.29, 0.717) is 6.54 Å². The molecule has 0 aliphatic rings. The van der Waals surface area contributed by atoms with Crippen molar-refractivity contribution in [2.45, 2.75) is 32.9 Å². The number of H-pyrrole nitrogens is 1. The van der Waals surface area contributed by atoms with Crippen molar-refractivity contribution in [2.24, 2.45) is 0 Å². The van der Waals surface area contributed by atoms with Crippen LogP contribution in [0.15, 0.2) is 28.9 Å². The third-order valence-corrected chi connectivity index (χ3v) is 4.15. The van der Waals surface area contributed by atoms with E-state index in [1.807, 2.05) is 23.2 Å². The molecule has 0 radical (unpaired) electrons. The lowest BCUT2D eigenvalue weighted by atomic mass is 10.1. The molecule has 0 spiro atoms. The smallest absolute Gasteiger partial charge is 0.317 e. The number of carboxylic acids is 1. The Morgan fingerprint density at radius 3 is 2.90 bits per heavy atom. The lowest BCUT2D eigenvalue weighted by Gasteiger charge is -2.26. The lowest BCUT2D eigenvalue weighted by molar-refractivity contribution is -0.139. The highest BCUT2D eigenvalue weighted by Crippen LogP contribution is 2.24. The summed E-state index contributed by atoms with van der Waals surface area (Å²) in [6.07, 6.45) is 2.90. The molecule has 0 amide bonds. The number of rotatable bonds is 6. The minimum absolute atomic E-state index is 0.0652. The van der Waals surface area contributed by atoms with Gasteiger partial charge in [-0.1, -0.05) is 22.9 Å². The van der Waals surface area contributed by atoms with Crippen molar-refractivity contribution in [1.82, 2.24) is 9.88 Å². The zero-order valence-electron chi connectivity index (χ0n) is 11.7. The predicted octanol–water partition coefficient (Wildman–Crippen LogP) is 3.62. The van der Waals surface area contributed by atoms with E-state index >= 15 is 0 Å². The zero-order valence-corrected chi connectivity index (χ0v) is 13.3. The van der Waals surface area contributed by atoms with Crippen molar-refractivity contribution in [3.8, 4) is 0 Å². The monoisotopic (exact) mass is 338 g/mol. The molecule has 0 saturated carbocycles. The van der Waals surface area contributed by atoms with Gasteiger partial charge in [0.1, 0.15) is 0 Å². The summed E-state index contributed by atoms with van der Waals surface area (Å²) in [7, 11) is 0. The van der Waals surface area contributed by atoms with Gasteiger partial charge in [-0.25, -0.2) is 0 Å². The van der Waals surface area contributed by atoms with Gasteiger partial charge in [-0.15, -0.1) is 0 Å². The van der Waals surface area contributed by atoms with Crippen LogP contribution in [0, 0.1) is 0 Å². The molecule has 5 heteroatoms. The number of carboxylic acid groups (broad SMARTS) is 1. The van der Waals surface area contributed by atoms with Crippen molar-refractivity contribution in [1.29, 1.82) is 0 Å². The number of aromatic amines is 1. The number of benzene rings is 1. The number of hydrogen-bond acceptors (Lipinski definition) is 2. The number of carbonyl (C=O) groups is 1. The van der Waals surface area contributed by atoms with E-state index in [0.717, 1.165) is 27.4 Å². The molecule has 1 heterocycles. The zero-order chi connectivity index (χ0) is 14.7. The second kappa shape index (κ2) is 6.41. The van der Waals surface area contributed by atoms with Gasteiger partial charge in [0.25, 0.3) is 0 Å². The lowest BCUT2D eigenvalue weighted by Crippen LogP contribution is -2.36. The van der Waals surface area contributed by atoms with Crippen LogP contribution in [0.2, 0.25) is 0 Å². The fourth-order valence-electron chi connectivity index (χ4n) is 2.30. The Morgan fingerprint density at radius 2 is 2.25 bits per heavy atom. The molecule has 0 fully saturated rings. The van der Waals surface area contributed by atoms with Gasteiger partial charge in [0, 0.05) is 34.2 Å². The Kier molecular flexibility index (Phi) is 4.83. The van der Waals surface area contributed by atoms with Gasteiger partial charge in [-0.05, 0) is 37.1 Å².